The maximum Gasteiger partial charge on any atom is 0.305 e. The third-order valence-electron chi connectivity index (χ3n) is 3.21. The van der Waals surface area contributed by atoms with Crippen LogP contribution in [0, 0.1) is 6.92 Å². The molecule has 0 saturated carbocycles. The topological polar surface area (TPSA) is 40.5 Å². The summed E-state index contributed by atoms with van der Waals surface area (Å²) in [6, 6.07) is 18.3. The lowest BCUT2D eigenvalue weighted by Gasteiger charge is -2.24. The summed E-state index contributed by atoms with van der Waals surface area (Å²) in [6.07, 6.45) is 0.140. The van der Waals surface area contributed by atoms with Gasteiger partial charge in [-0.1, -0.05) is 48.0 Å². The van der Waals surface area contributed by atoms with Gasteiger partial charge in [0.15, 0.2) is 0 Å². The average Bonchev–Trinajstić information content (AvgIpc) is 2.45. The van der Waals surface area contributed by atoms with Gasteiger partial charge in [0, 0.05) is 18.8 Å². The predicted octanol–water partition coefficient (Wildman–Crippen LogP) is 3.48. The molecule has 0 aromatic heterocycles. The van der Waals surface area contributed by atoms with Gasteiger partial charge in [-0.15, -0.1) is 0 Å². The molecule has 3 nitrogen and oxygen atoms in total. The highest BCUT2D eigenvalue weighted by Gasteiger charge is 2.09. The normalized spacial score (nSPS) is 10.2. The van der Waals surface area contributed by atoms with Crippen LogP contribution in [-0.2, 0) is 11.3 Å². The highest BCUT2D eigenvalue weighted by molar-refractivity contribution is 5.67. The van der Waals surface area contributed by atoms with Crippen molar-refractivity contribution in [2.75, 3.05) is 11.4 Å². The fourth-order valence-corrected chi connectivity index (χ4v) is 2.09. The Morgan fingerprint density at radius 1 is 1.05 bits per heavy atom. The Labute approximate surface area is 119 Å². The lowest BCUT2D eigenvalue weighted by Crippen LogP contribution is -2.25. The van der Waals surface area contributed by atoms with Crippen LogP contribution in [0.3, 0.4) is 0 Å². The maximum absolute atomic E-state index is 10.8. The van der Waals surface area contributed by atoms with Crippen LogP contribution in [0.4, 0.5) is 5.69 Å². The number of aliphatic carboxylic acids is 1. The first-order valence-electron chi connectivity index (χ1n) is 6.72. The van der Waals surface area contributed by atoms with Crippen LogP contribution < -0.4 is 4.90 Å². The smallest absolute Gasteiger partial charge is 0.305 e. The number of anilines is 1. The molecule has 0 spiro atoms. The molecule has 0 saturated heterocycles. The zero-order valence-corrected chi connectivity index (χ0v) is 11.6. The quantitative estimate of drug-likeness (QED) is 0.872. The van der Waals surface area contributed by atoms with Crippen molar-refractivity contribution in [1.29, 1.82) is 0 Å². The Hall–Kier alpha value is -2.29. The Bertz CT molecular complexity index is 549. The summed E-state index contributed by atoms with van der Waals surface area (Å²) < 4.78 is 0. The average molecular weight is 269 g/mol. The van der Waals surface area contributed by atoms with Gasteiger partial charge in [-0.2, -0.15) is 0 Å². The molecule has 0 heterocycles. The SMILES string of the molecule is Cc1ccc(N(CCC(=O)O)Cc2ccccc2)cc1. The minimum Gasteiger partial charge on any atom is -0.481 e. The number of nitrogens with zero attached hydrogens (tertiary/aromatic N) is 1. The second kappa shape index (κ2) is 6.75. The molecule has 0 aliphatic heterocycles. The Morgan fingerprint density at radius 3 is 2.30 bits per heavy atom. The number of hydrogen-bond donors (Lipinski definition) is 1. The van der Waals surface area contributed by atoms with E-state index >= 15 is 0 Å². The molecule has 3 heteroatoms. The van der Waals surface area contributed by atoms with Crippen LogP contribution >= 0.6 is 0 Å². The summed E-state index contributed by atoms with van der Waals surface area (Å²) in [4.78, 5) is 12.9. The lowest BCUT2D eigenvalue weighted by molar-refractivity contribution is -0.136. The molecule has 0 atom stereocenters. The van der Waals surface area contributed by atoms with Crippen LogP contribution in [0.5, 0.6) is 0 Å². The molecule has 2 aromatic rings. The zero-order valence-electron chi connectivity index (χ0n) is 11.6. The summed E-state index contributed by atoms with van der Waals surface area (Å²) in [5.74, 6) is -0.768. The standard InChI is InChI=1S/C17H19NO2/c1-14-7-9-16(10-8-14)18(12-11-17(19)20)13-15-5-3-2-4-6-15/h2-10H,11-13H2,1H3,(H,19,20). The Kier molecular flexibility index (Phi) is 4.77. The molecular formula is C17H19NO2. The second-order valence-electron chi connectivity index (χ2n) is 4.89. The number of carboxylic acids is 1. The van der Waals surface area contributed by atoms with Crippen molar-refractivity contribution in [3.8, 4) is 0 Å². The van der Waals surface area contributed by atoms with E-state index in [1.54, 1.807) is 0 Å². The minimum atomic E-state index is -0.768. The number of carboxylic acid groups (broad SMARTS) is 1. The van der Waals surface area contributed by atoms with Crippen LogP contribution in [0.15, 0.2) is 54.6 Å². The van der Waals surface area contributed by atoms with E-state index in [2.05, 4.69) is 17.0 Å². The van der Waals surface area contributed by atoms with Gasteiger partial charge in [0.2, 0.25) is 0 Å². The van der Waals surface area contributed by atoms with E-state index in [0.29, 0.717) is 6.54 Å². The molecule has 104 valence electrons. The molecule has 20 heavy (non-hydrogen) atoms. The van der Waals surface area contributed by atoms with Gasteiger partial charge in [-0.3, -0.25) is 4.79 Å². The van der Waals surface area contributed by atoms with Crippen molar-refractivity contribution in [1.82, 2.24) is 0 Å². The summed E-state index contributed by atoms with van der Waals surface area (Å²) in [5.41, 5.74) is 3.44. The van der Waals surface area contributed by atoms with Crippen molar-refractivity contribution in [2.45, 2.75) is 19.9 Å². The maximum atomic E-state index is 10.8. The number of hydrogen-bond acceptors (Lipinski definition) is 2. The van der Waals surface area contributed by atoms with Crippen LogP contribution in [0.1, 0.15) is 17.5 Å². The largest absolute Gasteiger partial charge is 0.481 e. The molecule has 0 aliphatic carbocycles. The Morgan fingerprint density at radius 2 is 1.70 bits per heavy atom. The van der Waals surface area contributed by atoms with Gasteiger partial charge in [0.25, 0.3) is 0 Å². The molecule has 2 aromatic carbocycles. The van der Waals surface area contributed by atoms with E-state index in [9.17, 15) is 4.79 Å². The third-order valence-corrected chi connectivity index (χ3v) is 3.21. The highest BCUT2D eigenvalue weighted by atomic mass is 16.4. The zero-order chi connectivity index (χ0) is 14.4. The third kappa shape index (κ3) is 4.12. The molecule has 0 radical (unpaired) electrons. The molecular weight excluding hydrogens is 250 g/mol. The van der Waals surface area contributed by atoms with Crippen molar-refractivity contribution in [2.24, 2.45) is 0 Å². The molecule has 0 unspecified atom stereocenters. The summed E-state index contributed by atoms with van der Waals surface area (Å²) in [7, 11) is 0. The number of rotatable bonds is 6. The van der Waals surface area contributed by atoms with E-state index in [1.165, 1.54) is 11.1 Å². The fraction of sp³-hybridized carbons (Fsp3) is 0.235. The van der Waals surface area contributed by atoms with Gasteiger partial charge in [0.1, 0.15) is 0 Å². The van der Waals surface area contributed by atoms with Crippen molar-refractivity contribution >= 4 is 11.7 Å². The fourth-order valence-electron chi connectivity index (χ4n) is 2.09. The monoisotopic (exact) mass is 269 g/mol. The van der Waals surface area contributed by atoms with Gasteiger partial charge in [0.05, 0.1) is 6.42 Å². The van der Waals surface area contributed by atoms with Crippen molar-refractivity contribution in [3.05, 3.63) is 65.7 Å². The molecule has 1 N–H and O–H groups in total. The van der Waals surface area contributed by atoms with E-state index < -0.39 is 5.97 Å². The highest BCUT2D eigenvalue weighted by Crippen LogP contribution is 2.18. The first-order valence-corrected chi connectivity index (χ1v) is 6.72. The van der Waals surface area contributed by atoms with Crippen LogP contribution in [0.2, 0.25) is 0 Å². The molecule has 0 fully saturated rings. The first kappa shape index (κ1) is 14.1. The van der Waals surface area contributed by atoms with Crippen molar-refractivity contribution < 1.29 is 9.90 Å². The lowest BCUT2D eigenvalue weighted by atomic mass is 10.1. The van der Waals surface area contributed by atoms with Crippen LogP contribution in [-0.4, -0.2) is 17.6 Å². The van der Waals surface area contributed by atoms with Crippen molar-refractivity contribution in [3.63, 3.8) is 0 Å². The number of benzene rings is 2. The Balaban J connectivity index is 2.15. The minimum absolute atomic E-state index is 0.140. The van der Waals surface area contributed by atoms with Gasteiger partial charge in [-0.05, 0) is 24.6 Å². The predicted molar refractivity (Wildman–Crippen MR) is 80.9 cm³/mol. The number of aryl methyl sites for hydroxylation is 1. The van der Waals surface area contributed by atoms with E-state index in [-0.39, 0.29) is 6.42 Å². The van der Waals surface area contributed by atoms with Gasteiger partial charge >= 0.3 is 5.97 Å². The molecule has 0 aliphatic rings. The summed E-state index contributed by atoms with van der Waals surface area (Å²) >= 11 is 0. The number of carbonyl (C=O) groups is 1. The molecule has 0 bridgehead atoms. The first-order chi connectivity index (χ1) is 9.65. The molecule has 2 rings (SSSR count). The summed E-state index contributed by atoms with van der Waals surface area (Å²) in [5, 5.41) is 8.89. The van der Waals surface area contributed by atoms with E-state index in [1.807, 2.05) is 49.4 Å². The second-order valence-corrected chi connectivity index (χ2v) is 4.89. The van der Waals surface area contributed by atoms with Crippen LogP contribution in [0.25, 0.3) is 0 Å². The summed E-state index contributed by atoms with van der Waals surface area (Å²) in [6.45, 7) is 3.27. The van der Waals surface area contributed by atoms with E-state index in [4.69, 9.17) is 5.11 Å². The van der Waals surface area contributed by atoms with E-state index in [0.717, 1.165) is 12.2 Å². The molecule has 0 amide bonds. The van der Waals surface area contributed by atoms with Gasteiger partial charge < -0.3 is 10.0 Å². The van der Waals surface area contributed by atoms with Gasteiger partial charge in [-0.25, -0.2) is 0 Å².